The molecule has 0 aromatic heterocycles. The Morgan fingerprint density at radius 2 is 1.88 bits per heavy atom. The molecule has 0 heterocycles. The topological polar surface area (TPSA) is 32.7 Å². The lowest BCUT2D eigenvalue weighted by Crippen LogP contribution is -2.46. The van der Waals surface area contributed by atoms with E-state index in [-0.39, 0.29) is 0 Å². The maximum absolute atomic E-state index is 10.6. The van der Waals surface area contributed by atoms with Crippen LogP contribution in [-0.4, -0.2) is 49.0 Å². The number of nitrogens with zero attached hydrogens (tertiary/aromatic N) is 1. The van der Waals surface area contributed by atoms with Crippen LogP contribution < -0.4 is 0 Å². The first-order valence-corrected chi connectivity index (χ1v) is 6.99. The Balaban J connectivity index is 2.44. The average molecular weight is 243 g/mol. The van der Waals surface area contributed by atoms with Gasteiger partial charge in [0, 0.05) is 26.7 Å². The Hall–Kier alpha value is -0.120. The Morgan fingerprint density at radius 1 is 1.24 bits per heavy atom. The van der Waals surface area contributed by atoms with Crippen molar-refractivity contribution in [3.05, 3.63) is 0 Å². The van der Waals surface area contributed by atoms with Gasteiger partial charge in [-0.2, -0.15) is 0 Å². The van der Waals surface area contributed by atoms with Crippen molar-refractivity contribution in [2.75, 3.05) is 33.4 Å². The highest BCUT2D eigenvalue weighted by atomic mass is 16.5. The fourth-order valence-electron chi connectivity index (χ4n) is 2.76. The highest BCUT2D eigenvalue weighted by Crippen LogP contribution is 2.28. The molecular weight excluding hydrogens is 214 g/mol. The van der Waals surface area contributed by atoms with Gasteiger partial charge in [0.2, 0.25) is 0 Å². The van der Waals surface area contributed by atoms with Gasteiger partial charge in [-0.3, -0.25) is 4.90 Å². The summed E-state index contributed by atoms with van der Waals surface area (Å²) in [7, 11) is 1.74. The van der Waals surface area contributed by atoms with Gasteiger partial charge in [0.05, 0.1) is 12.2 Å². The van der Waals surface area contributed by atoms with Gasteiger partial charge < -0.3 is 9.84 Å². The van der Waals surface area contributed by atoms with Gasteiger partial charge in [0.1, 0.15) is 0 Å². The van der Waals surface area contributed by atoms with Crippen LogP contribution in [0.25, 0.3) is 0 Å². The van der Waals surface area contributed by atoms with Crippen molar-refractivity contribution in [2.45, 2.75) is 51.6 Å². The molecule has 0 saturated heterocycles. The first kappa shape index (κ1) is 14.9. The molecule has 1 saturated carbocycles. The van der Waals surface area contributed by atoms with Crippen LogP contribution in [0.5, 0.6) is 0 Å². The standard InChI is InChI=1S/C14H29NO2/c1-13(2)11-15(9-10-17-3)12-14(16)7-5-4-6-8-14/h13,16H,4-12H2,1-3H3. The Labute approximate surface area is 106 Å². The number of methoxy groups -OCH3 is 1. The average Bonchev–Trinajstić information content (AvgIpc) is 2.25. The van der Waals surface area contributed by atoms with Crippen LogP contribution in [0.2, 0.25) is 0 Å². The normalized spacial score (nSPS) is 20.1. The van der Waals surface area contributed by atoms with Crippen molar-refractivity contribution in [3.8, 4) is 0 Å². The Kier molecular flexibility index (Phi) is 6.45. The third-order valence-electron chi connectivity index (χ3n) is 3.54. The van der Waals surface area contributed by atoms with Gasteiger partial charge in [-0.1, -0.05) is 33.1 Å². The van der Waals surface area contributed by atoms with Crippen LogP contribution >= 0.6 is 0 Å². The molecular formula is C14H29NO2. The number of hydrogen-bond donors (Lipinski definition) is 1. The van der Waals surface area contributed by atoms with E-state index in [0.29, 0.717) is 5.92 Å². The summed E-state index contributed by atoms with van der Waals surface area (Å²) in [5.41, 5.74) is -0.444. The quantitative estimate of drug-likeness (QED) is 0.744. The first-order chi connectivity index (χ1) is 8.06. The summed E-state index contributed by atoms with van der Waals surface area (Å²) >= 11 is 0. The molecule has 0 aromatic rings. The van der Waals surface area contributed by atoms with Crippen LogP contribution in [-0.2, 0) is 4.74 Å². The molecule has 1 aliphatic rings. The van der Waals surface area contributed by atoms with Crippen LogP contribution in [0.15, 0.2) is 0 Å². The van der Waals surface area contributed by atoms with Gasteiger partial charge in [-0.15, -0.1) is 0 Å². The van der Waals surface area contributed by atoms with Crippen LogP contribution in [0.1, 0.15) is 46.0 Å². The second-order valence-corrected chi connectivity index (χ2v) is 5.91. The minimum atomic E-state index is -0.444. The van der Waals surface area contributed by atoms with E-state index in [9.17, 15) is 5.11 Å². The predicted molar refractivity (Wildman–Crippen MR) is 71.2 cm³/mol. The third-order valence-corrected chi connectivity index (χ3v) is 3.54. The van der Waals surface area contributed by atoms with E-state index in [4.69, 9.17) is 4.74 Å². The largest absolute Gasteiger partial charge is 0.389 e. The first-order valence-electron chi connectivity index (χ1n) is 6.99. The number of rotatable bonds is 7. The van der Waals surface area contributed by atoms with Crippen molar-refractivity contribution in [1.29, 1.82) is 0 Å². The van der Waals surface area contributed by atoms with E-state index in [1.807, 2.05) is 0 Å². The molecule has 0 atom stereocenters. The summed E-state index contributed by atoms with van der Waals surface area (Å²) in [4.78, 5) is 2.36. The van der Waals surface area contributed by atoms with Crippen LogP contribution in [0.4, 0.5) is 0 Å². The molecule has 0 spiro atoms. The van der Waals surface area contributed by atoms with E-state index < -0.39 is 5.60 Å². The molecule has 0 aromatic carbocycles. The molecule has 102 valence electrons. The maximum atomic E-state index is 10.6. The van der Waals surface area contributed by atoms with Crippen LogP contribution in [0.3, 0.4) is 0 Å². The smallest absolute Gasteiger partial charge is 0.0774 e. The highest BCUT2D eigenvalue weighted by molar-refractivity contribution is 4.85. The summed E-state index contributed by atoms with van der Waals surface area (Å²) < 4.78 is 5.15. The molecule has 0 radical (unpaired) electrons. The monoisotopic (exact) mass is 243 g/mol. The molecule has 17 heavy (non-hydrogen) atoms. The lowest BCUT2D eigenvalue weighted by molar-refractivity contribution is -0.0321. The second kappa shape index (κ2) is 7.34. The summed E-state index contributed by atoms with van der Waals surface area (Å²) in [6.07, 6.45) is 5.57. The fraction of sp³-hybridized carbons (Fsp3) is 1.00. The zero-order valence-electron chi connectivity index (χ0n) is 11.7. The van der Waals surface area contributed by atoms with Crippen molar-refractivity contribution in [3.63, 3.8) is 0 Å². The van der Waals surface area contributed by atoms with Crippen molar-refractivity contribution in [1.82, 2.24) is 4.90 Å². The van der Waals surface area contributed by atoms with Crippen molar-refractivity contribution >= 4 is 0 Å². The minimum absolute atomic E-state index is 0.444. The molecule has 0 unspecified atom stereocenters. The second-order valence-electron chi connectivity index (χ2n) is 5.91. The van der Waals surface area contributed by atoms with Gasteiger partial charge in [-0.05, 0) is 18.8 Å². The molecule has 1 N–H and O–H groups in total. The lowest BCUT2D eigenvalue weighted by atomic mass is 9.84. The van der Waals surface area contributed by atoms with E-state index in [1.165, 1.54) is 19.3 Å². The summed E-state index contributed by atoms with van der Waals surface area (Å²) in [5.74, 6) is 0.638. The Bertz CT molecular complexity index is 200. The molecule has 0 aliphatic heterocycles. The van der Waals surface area contributed by atoms with E-state index >= 15 is 0 Å². The van der Waals surface area contributed by atoms with Gasteiger partial charge in [0.15, 0.2) is 0 Å². The molecule has 1 rings (SSSR count). The highest BCUT2D eigenvalue weighted by Gasteiger charge is 2.31. The summed E-state index contributed by atoms with van der Waals surface area (Å²) in [6, 6.07) is 0. The predicted octanol–water partition coefficient (Wildman–Crippen LogP) is 2.29. The molecule has 1 aliphatic carbocycles. The summed E-state index contributed by atoms with van der Waals surface area (Å²) in [5, 5.41) is 10.6. The zero-order valence-corrected chi connectivity index (χ0v) is 11.7. The van der Waals surface area contributed by atoms with Gasteiger partial charge in [0.25, 0.3) is 0 Å². The fourth-order valence-corrected chi connectivity index (χ4v) is 2.76. The number of ether oxygens (including phenoxy) is 1. The molecule has 1 fully saturated rings. The summed E-state index contributed by atoms with van der Waals surface area (Å²) in [6.45, 7) is 8.00. The zero-order chi connectivity index (χ0) is 12.7. The minimum Gasteiger partial charge on any atom is -0.389 e. The lowest BCUT2D eigenvalue weighted by Gasteiger charge is -2.37. The van der Waals surface area contributed by atoms with E-state index in [2.05, 4.69) is 18.7 Å². The third kappa shape index (κ3) is 5.84. The van der Waals surface area contributed by atoms with Crippen molar-refractivity contribution in [2.24, 2.45) is 5.92 Å². The molecule has 3 nitrogen and oxygen atoms in total. The van der Waals surface area contributed by atoms with Crippen LogP contribution in [0, 0.1) is 5.92 Å². The number of hydrogen-bond acceptors (Lipinski definition) is 3. The maximum Gasteiger partial charge on any atom is 0.0774 e. The van der Waals surface area contributed by atoms with Gasteiger partial charge in [-0.25, -0.2) is 0 Å². The Morgan fingerprint density at radius 3 is 2.41 bits per heavy atom. The van der Waals surface area contributed by atoms with E-state index in [0.717, 1.165) is 39.1 Å². The van der Waals surface area contributed by atoms with Crippen molar-refractivity contribution < 1.29 is 9.84 Å². The molecule has 0 bridgehead atoms. The van der Waals surface area contributed by atoms with E-state index in [1.54, 1.807) is 7.11 Å². The molecule has 0 amide bonds. The number of aliphatic hydroxyl groups is 1. The van der Waals surface area contributed by atoms with Gasteiger partial charge >= 0.3 is 0 Å². The molecule has 3 heteroatoms. The SMILES string of the molecule is COCCN(CC(C)C)CC1(O)CCCCC1.